The molecule has 0 aromatic carbocycles. The van der Waals surface area contributed by atoms with Gasteiger partial charge >= 0.3 is 0 Å². The molecule has 24 nitrogen and oxygen atoms in total. The van der Waals surface area contributed by atoms with E-state index in [0.717, 1.165) is 0 Å². The van der Waals surface area contributed by atoms with Crippen LogP contribution in [0.4, 0.5) is 0 Å². The summed E-state index contributed by atoms with van der Waals surface area (Å²) in [6.07, 6.45) is -25.6. The molecule has 0 spiro atoms. The Morgan fingerprint density at radius 2 is 0.222 bits per heavy atom. The van der Waals surface area contributed by atoms with Crippen molar-refractivity contribution in [3.05, 3.63) is 0 Å². The van der Waals surface area contributed by atoms with E-state index < -0.39 is 151 Å². The Morgan fingerprint density at radius 1 is 0.167 bits per heavy atom. The average Bonchev–Trinajstić information content (AvgIpc) is 3.12. The van der Waals surface area contributed by atoms with Gasteiger partial charge in [-0.1, -0.05) is 0 Å². The molecule has 0 saturated heterocycles. The summed E-state index contributed by atoms with van der Waals surface area (Å²) in [5, 5.41) is 209. The van der Waals surface area contributed by atoms with Crippen LogP contribution in [-0.2, 0) is 0 Å². The summed E-state index contributed by atoms with van der Waals surface area (Å²) in [6.45, 7) is -5.81. The van der Waals surface area contributed by atoms with E-state index in [2.05, 4.69) is 0 Å². The number of rotatable bonds is 20. The Bertz CT molecular complexity index is 558. The second-order valence-electron chi connectivity index (χ2n) is 9.92. The Kier molecular flexibility index (Phi) is 81.3. The zero-order valence-corrected chi connectivity index (χ0v) is 32.0. The van der Waals surface area contributed by atoms with Crippen LogP contribution in [-0.4, -0.2) is 273 Å². The van der Waals surface area contributed by atoms with E-state index in [1.807, 2.05) is 0 Å². The van der Waals surface area contributed by atoms with Crippen LogP contribution >= 0.6 is 0 Å². The van der Waals surface area contributed by atoms with Crippen molar-refractivity contribution >= 4 is 0 Å². The van der Waals surface area contributed by atoms with Gasteiger partial charge in [0.15, 0.2) is 0 Å². The second-order valence-corrected chi connectivity index (χ2v) is 9.92. The molecule has 54 heavy (non-hydrogen) atoms. The molecule has 0 aliphatic rings. The van der Waals surface area contributed by atoms with E-state index >= 15 is 0 Å². The molecule has 0 aliphatic heterocycles. The quantitative estimate of drug-likeness (QED) is 0.0539. The SMILES string of the molecule is OC[C@@H](O)[C@@H](O)[C@H](O)[C@H](O)CO.OC[C@@H](O)[C@@H](O)[C@H](O)[C@H](O)CO.OC[C@@H](O)[C@@H](O)[C@H](O)[C@H](O)CO.OC[C@@H](O)[C@@H](O)[C@H](O)[C@H](O)CO.[Ar].[Ar].[Ar].[Ar].[Ar].[Ar]. The average molecular weight is 968 g/mol. The van der Waals surface area contributed by atoms with Crippen LogP contribution < -0.4 is 0 Å². The Balaban J connectivity index is -0.0000000576. The van der Waals surface area contributed by atoms with E-state index in [1.54, 1.807) is 0 Å². The monoisotopic (exact) mass is 968 g/mol. The van der Waals surface area contributed by atoms with Crippen molar-refractivity contribution in [2.75, 3.05) is 52.9 Å². The summed E-state index contributed by atoms with van der Waals surface area (Å²) < 4.78 is 0. The van der Waals surface area contributed by atoms with Gasteiger partial charge in [-0.3, -0.25) is 0 Å². The van der Waals surface area contributed by atoms with Gasteiger partial charge in [0.2, 0.25) is 0 Å². The molecule has 0 radical (unpaired) electrons. The van der Waals surface area contributed by atoms with Crippen LogP contribution in [0.25, 0.3) is 0 Å². The first-order chi connectivity index (χ1) is 22.2. The van der Waals surface area contributed by atoms with Crippen LogP contribution in [0, 0.1) is 226 Å². The third kappa shape index (κ3) is 39.0. The molecule has 0 unspecified atom stereocenters. The molecule has 16 atom stereocenters. The molecule has 344 valence electrons. The second kappa shape index (κ2) is 52.2. The minimum Gasteiger partial charge on any atom is -0.394 e. The van der Waals surface area contributed by atoms with Crippen molar-refractivity contribution in [1.29, 1.82) is 0 Å². The van der Waals surface area contributed by atoms with Crippen molar-refractivity contribution in [1.82, 2.24) is 0 Å². The van der Waals surface area contributed by atoms with Gasteiger partial charge in [-0.2, -0.15) is 0 Å². The van der Waals surface area contributed by atoms with Crippen LogP contribution in [0.3, 0.4) is 0 Å². The molecular weight excluding hydrogens is 912 g/mol. The van der Waals surface area contributed by atoms with Crippen molar-refractivity contribution in [2.45, 2.75) is 97.7 Å². The van der Waals surface area contributed by atoms with Crippen LogP contribution in [0.2, 0.25) is 0 Å². The van der Waals surface area contributed by atoms with Crippen molar-refractivity contribution < 1.29 is 349 Å². The predicted octanol–water partition coefficient (Wildman–Crippen LogP) is -14.3. The zero-order chi connectivity index (χ0) is 38.9. The first kappa shape index (κ1) is 84.1. The molecule has 0 heterocycles. The largest absolute Gasteiger partial charge is 0.394 e. The fraction of sp³-hybridized carbons (Fsp3) is 1.00. The van der Waals surface area contributed by atoms with Gasteiger partial charge in [0, 0.05) is 226 Å². The van der Waals surface area contributed by atoms with Gasteiger partial charge in [0.05, 0.1) is 52.9 Å². The summed E-state index contributed by atoms with van der Waals surface area (Å²) >= 11 is 0. The number of hydrogen-bond acceptors (Lipinski definition) is 24. The Hall–Kier alpha value is 6.60. The minimum absolute atomic E-state index is 0. The van der Waals surface area contributed by atoms with E-state index in [0.29, 0.717) is 0 Å². The van der Waals surface area contributed by atoms with Gasteiger partial charge in [-0.05, 0) is 0 Å². The molecule has 0 amide bonds. The molecule has 0 bridgehead atoms. The van der Waals surface area contributed by atoms with Crippen LogP contribution in [0.5, 0.6) is 0 Å². The van der Waals surface area contributed by atoms with Gasteiger partial charge in [0.1, 0.15) is 97.7 Å². The topological polar surface area (TPSA) is 486 Å². The first-order valence-corrected chi connectivity index (χ1v) is 13.9. The molecule has 0 aromatic heterocycles. The number of aliphatic hydroxyl groups is 24. The minimum atomic E-state index is -1.67. The molecule has 0 fully saturated rings. The summed E-state index contributed by atoms with van der Waals surface area (Å²) in [6, 6.07) is 0. The summed E-state index contributed by atoms with van der Waals surface area (Å²) in [5.74, 6) is 0. The molecule has 0 aromatic rings. The third-order valence-corrected chi connectivity index (χ3v) is 6.05. The maximum absolute atomic E-state index is 8.96. The van der Waals surface area contributed by atoms with Crippen LogP contribution in [0.1, 0.15) is 0 Å². The van der Waals surface area contributed by atoms with Gasteiger partial charge < -0.3 is 123 Å². The van der Waals surface area contributed by atoms with E-state index in [4.69, 9.17) is 123 Å². The first-order valence-electron chi connectivity index (χ1n) is 13.9. The molecule has 24 N–H and O–H groups in total. The van der Waals surface area contributed by atoms with Crippen molar-refractivity contribution in [2.24, 2.45) is 0 Å². The number of hydrogen-bond donors (Lipinski definition) is 24. The van der Waals surface area contributed by atoms with Crippen LogP contribution in [0.15, 0.2) is 0 Å². The fourth-order valence-electron chi connectivity index (χ4n) is 2.68. The molecule has 0 saturated carbocycles. The van der Waals surface area contributed by atoms with Gasteiger partial charge in [0.25, 0.3) is 0 Å². The maximum Gasteiger partial charge on any atom is 0.111 e. The zero-order valence-electron chi connectivity index (χ0n) is 27.7. The fourth-order valence-corrected chi connectivity index (χ4v) is 2.68. The van der Waals surface area contributed by atoms with Gasteiger partial charge in [-0.15, -0.1) is 0 Å². The summed E-state index contributed by atoms with van der Waals surface area (Å²) in [5.41, 5.74) is 0. The Labute approximate surface area is 490 Å². The standard InChI is InChI=1S/4C6H14O6.6Ar/c4*7-1-3(9)5(11)6(12)4(10)2-8;;;;;;/h4*3-12H,1-2H2;;;;;;/t4*3-,4-,5-,6-;;;;;;/m1111....../s1. The third-order valence-electron chi connectivity index (χ3n) is 6.05. The Morgan fingerprint density at radius 3 is 0.259 bits per heavy atom. The van der Waals surface area contributed by atoms with E-state index in [9.17, 15) is 0 Å². The molecule has 0 aliphatic carbocycles. The normalized spacial score (nSPS) is 19.1. The van der Waals surface area contributed by atoms with Gasteiger partial charge in [-0.25, -0.2) is 0 Å². The predicted molar refractivity (Wildman–Crippen MR) is 153 cm³/mol. The maximum atomic E-state index is 8.96. The number of aliphatic hydroxyl groups excluding tert-OH is 24. The molecular formula is C24H56Ar6O24. The van der Waals surface area contributed by atoms with E-state index in [1.165, 1.54) is 0 Å². The molecule has 0 rings (SSSR count). The molecule has 30 heteroatoms. The van der Waals surface area contributed by atoms with Crippen molar-refractivity contribution in [3.63, 3.8) is 0 Å². The van der Waals surface area contributed by atoms with E-state index in [-0.39, 0.29) is 226 Å². The summed E-state index contributed by atoms with van der Waals surface area (Å²) in [7, 11) is 0. The van der Waals surface area contributed by atoms with Crippen molar-refractivity contribution in [3.8, 4) is 0 Å². The smallest absolute Gasteiger partial charge is 0.111 e. The summed E-state index contributed by atoms with van der Waals surface area (Å²) in [4.78, 5) is 0.